The Morgan fingerprint density at radius 3 is 2.92 bits per heavy atom. The molecule has 1 nitrogen and oxygen atoms in total. The molecule has 2 rings (SSSR count). The van der Waals surface area contributed by atoms with Gasteiger partial charge in [-0.05, 0) is 17.7 Å². The Morgan fingerprint density at radius 1 is 1.38 bits per heavy atom. The quantitative estimate of drug-likeness (QED) is 0.562. The zero-order chi connectivity index (χ0) is 9.42. The highest BCUT2D eigenvalue weighted by molar-refractivity contribution is 9.10. The van der Waals surface area contributed by atoms with E-state index >= 15 is 0 Å². The first-order valence-corrected chi connectivity index (χ1v) is 5.35. The summed E-state index contributed by atoms with van der Waals surface area (Å²) in [6.07, 6.45) is 1.72. The monoisotopic (exact) mass is 277 g/mol. The first-order chi connectivity index (χ1) is 6.18. The van der Waals surface area contributed by atoms with Crippen LogP contribution in [0.3, 0.4) is 0 Å². The predicted molar refractivity (Wildman–Crippen MR) is 59.7 cm³/mol. The molecule has 68 valence electrons. The van der Waals surface area contributed by atoms with E-state index in [1.807, 2.05) is 18.2 Å². The molecule has 0 aliphatic carbocycles. The molecule has 0 radical (unpaired) electrons. The van der Waals surface area contributed by atoms with Crippen LogP contribution in [0.4, 0.5) is 0 Å². The van der Waals surface area contributed by atoms with Crippen molar-refractivity contribution in [3.63, 3.8) is 0 Å². The first-order valence-electron chi connectivity index (χ1n) is 3.74. The van der Waals surface area contributed by atoms with E-state index in [-0.39, 0.29) is 5.50 Å². The maximum absolute atomic E-state index is 6.05. The lowest BCUT2D eigenvalue weighted by molar-refractivity contribution is 0.819. The Kier molecular flexibility index (Phi) is 2.54. The zero-order valence-corrected chi connectivity index (χ0v) is 9.62. The van der Waals surface area contributed by atoms with E-state index in [2.05, 4.69) is 21.2 Å². The Hall–Kier alpha value is -0.180. The standard InChI is InChI=1S/C9H6BrCl2N/c10-5-1-2-6-7(3-5)9(12)13-4-8(6)11/h1-4,9,13H. The van der Waals surface area contributed by atoms with Crippen molar-refractivity contribution in [1.29, 1.82) is 0 Å². The highest BCUT2D eigenvalue weighted by atomic mass is 79.9. The molecule has 1 heterocycles. The lowest BCUT2D eigenvalue weighted by Crippen LogP contribution is -2.15. The maximum Gasteiger partial charge on any atom is 0.127 e. The molecule has 1 aromatic rings. The van der Waals surface area contributed by atoms with E-state index in [4.69, 9.17) is 23.2 Å². The van der Waals surface area contributed by atoms with Crippen LogP contribution in [-0.2, 0) is 0 Å². The van der Waals surface area contributed by atoms with Gasteiger partial charge in [0, 0.05) is 16.2 Å². The van der Waals surface area contributed by atoms with Gasteiger partial charge in [-0.2, -0.15) is 0 Å². The molecular formula is C9H6BrCl2N. The van der Waals surface area contributed by atoms with Crippen LogP contribution >= 0.6 is 39.1 Å². The molecule has 0 aromatic heterocycles. The third kappa shape index (κ3) is 1.71. The SMILES string of the molecule is ClC1=CNC(Cl)c2cc(Br)ccc21. The van der Waals surface area contributed by atoms with Crippen LogP contribution in [0, 0.1) is 0 Å². The minimum atomic E-state index is -0.199. The van der Waals surface area contributed by atoms with E-state index in [1.165, 1.54) is 0 Å². The van der Waals surface area contributed by atoms with E-state index in [9.17, 15) is 0 Å². The van der Waals surface area contributed by atoms with Gasteiger partial charge in [0.15, 0.2) is 0 Å². The van der Waals surface area contributed by atoms with Gasteiger partial charge in [0.2, 0.25) is 0 Å². The van der Waals surface area contributed by atoms with Crippen molar-refractivity contribution < 1.29 is 0 Å². The molecule has 1 aliphatic rings. The molecule has 1 aromatic carbocycles. The van der Waals surface area contributed by atoms with Gasteiger partial charge in [-0.3, -0.25) is 0 Å². The zero-order valence-electron chi connectivity index (χ0n) is 6.52. The summed E-state index contributed by atoms with van der Waals surface area (Å²) in [6.45, 7) is 0. The van der Waals surface area contributed by atoms with Crippen LogP contribution < -0.4 is 5.32 Å². The number of fused-ring (bicyclic) bond motifs is 1. The number of halogens is 3. The lowest BCUT2D eigenvalue weighted by atomic mass is 10.1. The van der Waals surface area contributed by atoms with Crippen LogP contribution in [0.15, 0.2) is 28.9 Å². The Morgan fingerprint density at radius 2 is 2.15 bits per heavy atom. The van der Waals surface area contributed by atoms with Gasteiger partial charge in [0.1, 0.15) is 5.50 Å². The molecule has 4 heteroatoms. The molecule has 0 bridgehead atoms. The summed E-state index contributed by atoms with van der Waals surface area (Å²) in [7, 11) is 0. The van der Waals surface area contributed by atoms with Crippen molar-refractivity contribution in [2.75, 3.05) is 0 Å². The first kappa shape index (κ1) is 9.38. The molecule has 0 fully saturated rings. The topological polar surface area (TPSA) is 12.0 Å². The molecule has 0 spiro atoms. The second-order valence-electron chi connectivity index (χ2n) is 2.75. The van der Waals surface area contributed by atoms with Gasteiger partial charge in [-0.15, -0.1) is 0 Å². The van der Waals surface area contributed by atoms with Crippen LogP contribution in [0.5, 0.6) is 0 Å². The van der Waals surface area contributed by atoms with Gasteiger partial charge >= 0.3 is 0 Å². The summed E-state index contributed by atoms with van der Waals surface area (Å²) >= 11 is 15.4. The minimum Gasteiger partial charge on any atom is -0.370 e. The fourth-order valence-corrected chi connectivity index (χ4v) is 2.13. The summed E-state index contributed by atoms with van der Waals surface area (Å²) in [5.41, 5.74) is 1.79. The number of nitrogens with one attached hydrogen (secondary N) is 1. The second kappa shape index (κ2) is 3.52. The van der Waals surface area contributed by atoms with E-state index in [0.29, 0.717) is 5.03 Å². The number of hydrogen-bond acceptors (Lipinski definition) is 1. The molecule has 0 saturated heterocycles. The average molecular weight is 279 g/mol. The third-order valence-corrected chi connectivity index (χ3v) is 3.07. The predicted octanol–water partition coefficient (Wildman–Crippen LogP) is 3.83. The van der Waals surface area contributed by atoms with Crippen molar-refractivity contribution in [2.24, 2.45) is 0 Å². The molecule has 0 saturated carbocycles. The van der Waals surface area contributed by atoms with Gasteiger partial charge in [0.05, 0.1) is 5.03 Å². The van der Waals surface area contributed by atoms with Crippen molar-refractivity contribution in [1.82, 2.24) is 5.32 Å². The number of rotatable bonds is 0. The maximum atomic E-state index is 6.05. The molecule has 0 amide bonds. The largest absolute Gasteiger partial charge is 0.370 e. The third-order valence-electron chi connectivity index (χ3n) is 1.90. The Balaban J connectivity index is 2.59. The molecular weight excluding hydrogens is 273 g/mol. The van der Waals surface area contributed by atoms with Crippen molar-refractivity contribution in [3.05, 3.63) is 40.0 Å². The minimum absolute atomic E-state index is 0.199. The number of hydrogen-bond donors (Lipinski definition) is 1. The van der Waals surface area contributed by atoms with Crippen molar-refractivity contribution in [2.45, 2.75) is 5.50 Å². The van der Waals surface area contributed by atoms with Crippen LogP contribution in [0.1, 0.15) is 16.6 Å². The van der Waals surface area contributed by atoms with E-state index in [0.717, 1.165) is 15.6 Å². The van der Waals surface area contributed by atoms with E-state index < -0.39 is 0 Å². The molecule has 1 atom stereocenters. The smallest absolute Gasteiger partial charge is 0.127 e. The van der Waals surface area contributed by atoms with Crippen molar-refractivity contribution >= 4 is 44.2 Å². The van der Waals surface area contributed by atoms with Crippen LogP contribution in [0.25, 0.3) is 5.03 Å². The summed E-state index contributed by atoms with van der Waals surface area (Å²) in [4.78, 5) is 0. The van der Waals surface area contributed by atoms with Crippen molar-refractivity contribution in [3.8, 4) is 0 Å². The van der Waals surface area contributed by atoms with Gasteiger partial charge in [-0.25, -0.2) is 0 Å². The Labute approximate surface area is 94.9 Å². The fourth-order valence-electron chi connectivity index (χ4n) is 1.27. The molecule has 1 aliphatic heterocycles. The Bertz CT molecular complexity index is 376. The normalized spacial score (nSPS) is 20.2. The fraction of sp³-hybridized carbons (Fsp3) is 0.111. The number of alkyl halides is 1. The van der Waals surface area contributed by atoms with Gasteiger partial charge < -0.3 is 5.32 Å². The summed E-state index contributed by atoms with van der Waals surface area (Å²) in [5, 5.41) is 3.66. The van der Waals surface area contributed by atoms with E-state index in [1.54, 1.807) is 6.20 Å². The lowest BCUT2D eigenvalue weighted by Gasteiger charge is -2.20. The van der Waals surface area contributed by atoms with Gasteiger partial charge in [0.25, 0.3) is 0 Å². The molecule has 1 unspecified atom stereocenters. The second-order valence-corrected chi connectivity index (χ2v) is 4.51. The molecule has 1 N–H and O–H groups in total. The summed E-state index contributed by atoms with van der Waals surface area (Å²) < 4.78 is 1.00. The summed E-state index contributed by atoms with van der Waals surface area (Å²) in [5.74, 6) is 0. The highest BCUT2D eigenvalue weighted by Gasteiger charge is 2.17. The molecule has 13 heavy (non-hydrogen) atoms. The van der Waals surface area contributed by atoms with Gasteiger partial charge in [-0.1, -0.05) is 45.2 Å². The number of benzene rings is 1. The van der Waals surface area contributed by atoms with Crippen LogP contribution in [0.2, 0.25) is 0 Å². The average Bonchev–Trinajstić information content (AvgIpc) is 2.12. The van der Waals surface area contributed by atoms with Crippen LogP contribution in [-0.4, -0.2) is 0 Å². The highest BCUT2D eigenvalue weighted by Crippen LogP contribution is 2.34. The summed E-state index contributed by atoms with van der Waals surface area (Å²) in [6, 6.07) is 5.87.